The molecule has 2 aromatic rings. The molecule has 0 atom stereocenters. The van der Waals surface area contributed by atoms with Gasteiger partial charge in [-0.25, -0.2) is 0 Å². The summed E-state index contributed by atoms with van der Waals surface area (Å²) < 4.78 is 11.7. The first kappa shape index (κ1) is 17.2. The summed E-state index contributed by atoms with van der Waals surface area (Å²) in [5, 5.41) is 2.37. The van der Waals surface area contributed by atoms with Crippen LogP contribution >= 0.6 is 15.9 Å². The number of ether oxygens (including phenoxy) is 2. The van der Waals surface area contributed by atoms with Crippen molar-refractivity contribution in [3.8, 4) is 11.5 Å². The zero-order chi connectivity index (χ0) is 18.0. The second kappa shape index (κ2) is 7.11. The lowest BCUT2D eigenvalue weighted by atomic mass is 9.93. The van der Waals surface area contributed by atoms with Crippen molar-refractivity contribution in [1.82, 2.24) is 5.32 Å². The van der Waals surface area contributed by atoms with E-state index in [1.165, 1.54) is 0 Å². The average molecular weight is 402 g/mol. The van der Waals surface area contributed by atoms with Crippen molar-refractivity contribution in [3.05, 3.63) is 57.6 Å². The summed E-state index contributed by atoms with van der Waals surface area (Å²) >= 11 is 3.46. The van der Waals surface area contributed by atoms with Crippen LogP contribution in [0.25, 0.3) is 11.6 Å². The molecule has 0 bridgehead atoms. The normalized spacial score (nSPS) is 14.9. The van der Waals surface area contributed by atoms with Gasteiger partial charge < -0.3 is 9.47 Å². The van der Waals surface area contributed by atoms with E-state index in [2.05, 4.69) is 21.2 Å². The van der Waals surface area contributed by atoms with E-state index in [0.717, 1.165) is 5.56 Å². The molecule has 5 nitrogen and oxygen atoms in total. The molecule has 0 radical (unpaired) electrons. The zero-order valence-corrected chi connectivity index (χ0v) is 15.3. The SMILES string of the molecule is CCOc1cc(/C=C2/C(=O)NC(=O)c3ccccc32)cc(Br)c1OC. The summed E-state index contributed by atoms with van der Waals surface area (Å²) in [6.07, 6.45) is 1.73. The summed E-state index contributed by atoms with van der Waals surface area (Å²) in [5.41, 5.74) is 2.27. The van der Waals surface area contributed by atoms with Crippen molar-refractivity contribution >= 4 is 39.4 Å². The fourth-order valence-corrected chi connectivity index (χ4v) is 3.34. The minimum absolute atomic E-state index is 0.385. The first-order valence-corrected chi connectivity index (χ1v) is 8.51. The maximum atomic E-state index is 12.3. The molecule has 0 aromatic heterocycles. The highest BCUT2D eigenvalue weighted by atomic mass is 79.9. The molecule has 128 valence electrons. The van der Waals surface area contributed by atoms with Crippen molar-refractivity contribution in [1.29, 1.82) is 0 Å². The maximum Gasteiger partial charge on any atom is 0.258 e. The Bertz CT molecular complexity index is 889. The molecule has 1 aliphatic rings. The summed E-state index contributed by atoms with van der Waals surface area (Å²) in [5.74, 6) is 0.358. The van der Waals surface area contributed by atoms with E-state index in [1.807, 2.05) is 13.0 Å². The Hall–Kier alpha value is -2.60. The highest BCUT2D eigenvalue weighted by Crippen LogP contribution is 2.38. The van der Waals surface area contributed by atoms with Crippen LogP contribution < -0.4 is 14.8 Å². The highest BCUT2D eigenvalue weighted by Gasteiger charge is 2.26. The van der Waals surface area contributed by atoms with Crippen LogP contribution in [0, 0.1) is 0 Å². The third-order valence-corrected chi connectivity index (χ3v) is 4.37. The number of hydrogen-bond acceptors (Lipinski definition) is 4. The fraction of sp³-hybridized carbons (Fsp3) is 0.158. The predicted molar refractivity (Wildman–Crippen MR) is 98.6 cm³/mol. The largest absolute Gasteiger partial charge is 0.492 e. The second-order valence-corrected chi connectivity index (χ2v) is 6.21. The molecule has 0 saturated heterocycles. The molecule has 0 unspecified atom stereocenters. The van der Waals surface area contributed by atoms with E-state index in [4.69, 9.17) is 9.47 Å². The molecule has 1 heterocycles. The number of hydrogen-bond donors (Lipinski definition) is 1. The van der Waals surface area contributed by atoms with Gasteiger partial charge in [0.2, 0.25) is 0 Å². The number of fused-ring (bicyclic) bond motifs is 1. The molecule has 6 heteroatoms. The molecule has 25 heavy (non-hydrogen) atoms. The molecule has 2 aromatic carbocycles. The molecule has 1 N–H and O–H groups in total. The highest BCUT2D eigenvalue weighted by molar-refractivity contribution is 9.10. The van der Waals surface area contributed by atoms with Gasteiger partial charge in [0.25, 0.3) is 11.8 Å². The third-order valence-electron chi connectivity index (χ3n) is 3.78. The van der Waals surface area contributed by atoms with Gasteiger partial charge in [0.15, 0.2) is 11.5 Å². The lowest BCUT2D eigenvalue weighted by Crippen LogP contribution is -2.36. The minimum atomic E-state index is -0.423. The molecule has 3 rings (SSSR count). The van der Waals surface area contributed by atoms with Crippen molar-refractivity contribution < 1.29 is 19.1 Å². The Kier molecular flexibility index (Phi) is 4.90. The summed E-state index contributed by atoms with van der Waals surface area (Å²) in [6.45, 7) is 2.37. The van der Waals surface area contributed by atoms with Crippen LogP contribution in [-0.2, 0) is 4.79 Å². The van der Waals surface area contributed by atoms with E-state index >= 15 is 0 Å². The number of amides is 2. The van der Waals surface area contributed by atoms with Crippen LogP contribution in [0.2, 0.25) is 0 Å². The number of carbonyl (C=O) groups is 2. The first-order valence-electron chi connectivity index (χ1n) is 7.72. The van der Waals surface area contributed by atoms with Gasteiger partial charge >= 0.3 is 0 Å². The number of halogens is 1. The number of imide groups is 1. The summed E-state index contributed by atoms with van der Waals surface area (Å²) in [4.78, 5) is 24.3. The summed E-state index contributed by atoms with van der Waals surface area (Å²) in [7, 11) is 1.57. The topological polar surface area (TPSA) is 64.6 Å². The van der Waals surface area contributed by atoms with Crippen LogP contribution in [0.1, 0.15) is 28.4 Å². The monoisotopic (exact) mass is 401 g/mol. The Morgan fingerprint density at radius 2 is 1.84 bits per heavy atom. The second-order valence-electron chi connectivity index (χ2n) is 5.35. The average Bonchev–Trinajstić information content (AvgIpc) is 2.59. The zero-order valence-electron chi connectivity index (χ0n) is 13.8. The Balaban J connectivity index is 2.13. The Morgan fingerprint density at radius 3 is 2.52 bits per heavy atom. The van der Waals surface area contributed by atoms with Crippen LogP contribution in [0.3, 0.4) is 0 Å². The van der Waals surface area contributed by atoms with Gasteiger partial charge in [0.05, 0.1) is 18.2 Å². The smallest absolute Gasteiger partial charge is 0.258 e. The molecular weight excluding hydrogens is 386 g/mol. The third kappa shape index (κ3) is 3.30. The standard InChI is InChI=1S/C19H16BrNO4/c1-3-25-16-10-11(9-15(20)17(16)24-2)8-14-12-6-4-5-7-13(12)18(22)21-19(14)23/h4-10H,3H2,1-2H3,(H,21,22,23)/b14-8+. The predicted octanol–water partition coefficient (Wildman–Crippen LogP) is 3.67. The first-order chi connectivity index (χ1) is 12.0. The number of methoxy groups -OCH3 is 1. The van der Waals surface area contributed by atoms with Crippen molar-refractivity contribution in [2.75, 3.05) is 13.7 Å². The van der Waals surface area contributed by atoms with Crippen LogP contribution in [0.15, 0.2) is 40.9 Å². The fourth-order valence-electron chi connectivity index (χ4n) is 2.72. The van der Waals surface area contributed by atoms with Crippen molar-refractivity contribution in [2.45, 2.75) is 6.92 Å². The quantitative estimate of drug-likeness (QED) is 0.626. The van der Waals surface area contributed by atoms with Gasteiger partial charge in [-0.05, 0) is 58.3 Å². The van der Waals surface area contributed by atoms with Crippen molar-refractivity contribution in [3.63, 3.8) is 0 Å². The molecule has 1 aliphatic heterocycles. The number of rotatable bonds is 4. The molecule has 2 amide bonds. The van der Waals surface area contributed by atoms with E-state index in [1.54, 1.807) is 43.5 Å². The minimum Gasteiger partial charge on any atom is -0.492 e. The van der Waals surface area contributed by atoms with Crippen LogP contribution in [0.4, 0.5) is 0 Å². The molecule has 0 spiro atoms. The lowest BCUT2D eigenvalue weighted by Gasteiger charge is -2.18. The summed E-state index contributed by atoms with van der Waals surface area (Å²) in [6, 6.07) is 10.7. The van der Waals surface area contributed by atoms with Gasteiger partial charge in [-0.1, -0.05) is 18.2 Å². The lowest BCUT2D eigenvalue weighted by molar-refractivity contribution is -0.114. The maximum absolute atomic E-state index is 12.3. The number of carbonyl (C=O) groups excluding carboxylic acids is 2. The number of benzene rings is 2. The van der Waals surface area contributed by atoms with E-state index in [9.17, 15) is 9.59 Å². The Labute approximate surface area is 153 Å². The van der Waals surface area contributed by atoms with Gasteiger partial charge in [0.1, 0.15) is 0 Å². The van der Waals surface area contributed by atoms with E-state index in [0.29, 0.717) is 39.3 Å². The van der Waals surface area contributed by atoms with Gasteiger partial charge in [0, 0.05) is 11.1 Å². The van der Waals surface area contributed by atoms with Crippen LogP contribution in [-0.4, -0.2) is 25.5 Å². The van der Waals surface area contributed by atoms with Gasteiger partial charge in [-0.3, -0.25) is 14.9 Å². The molecular formula is C19H16BrNO4. The van der Waals surface area contributed by atoms with E-state index < -0.39 is 5.91 Å². The number of nitrogens with one attached hydrogen (secondary N) is 1. The van der Waals surface area contributed by atoms with Gasteiger partial charge in [-0.2, -0.15) is 0 Å². The molecule has 0 fully saturated rings. The molecule has 0 aliphatic carbocycles. The van der Waals surface area contributed by atoms with Crippen molar-refractivity contribution in [2.24, 2.45) is 0 Å². The molecule has 0 saturated carbocycles. The van der Waals surface area contributed by atoms with Gasteiger partial charge in [-0.15, -0.1) is 0 Å². The van der Waals surface area contributed by atoms with Crippen LogP contribution in [0.5, 0.6) is 11.5 Å². The van der Waals surface area contributed by atoms with E-state index in [-0.39, 0.29) is 5.91 Å². The Morgan fingerprint density at radius 1 is 1.12 bits per heavy atom.